The molecule has 0 saturated heterocycles. The van der Waals surface area contributed by atoms with Crippen molar-refractivity contribution in [3.8, 4) is 5.75 Å². The summed E-state index contributed by atoms with van der Waals surface area (Å²) in [6, 6.07) is 8.52. The van der Waals surface area contributed by atoms with Crippen LogP contribution in [-0.4, -0.2) is 32.7 Å². The zero-order valence-electron chi connectivity index (χ0n) is 16.2. The minimum absolute atomic E-state index is 0.120. The molecule has 0 saturated carbocycles. The van der Waals surface area contributed by atoms with E-state index in [1.165, 1.54) is 21.9 Å². The van der Waals surface area contributed by atoms with Crippen molar-refractivity contribution >= 4 is 27.3 Å². The molecule has 0 aliphatic rings. The van der Waals surface area contributed by atoms with Crippen LogP contribution in [0.25, 0.3) is 4.96 Å². The molecule has 28 heavy (non-hydrogen) atoms. The van der Waals surface area contributed by atoms with Gasteiger partial charge in [-0.15, -0.1) is 5.10 Å². The second-order valence-corrected chi connectivity index (χ2v) is 7.69. The number of hydrogen-bond donors (Lipinski definition) is 2. The van der Waals surface area contributed by atoms with E-state index in [0.717, 1.165) is 11.3 Å². The van der Waals surface area contributed by atoms with Crippen LogP contribution in [0.4, 0.5) is 5.13 Å². The number of hydrogen-bond acceptors (Lipinski definition) is 7. The number of nitrogens with one attached hydrogen (secondary N) is 2. The molecule has 1 atom stereocenters. The fraction of sp³-hybridized carbons (Fsp3) is 0.368. The molecule has 9 heteroatoms. The van der Waals surface area contributed by atoms with Gasteiger partial charge in [0, 0.05) is 18.3 Å². The Morgan fingerprint density at radius 1 is 1.25 bits per heavy atom. The predicted molar refractivity (Wildman–Crippen MR) is 109 cm³/mol. The highest BCUT2D eigenvalue weighted by Gasteiger charge is 2.15. The van der Waals surface area contributed by atoms with E-state index >= 15 is 0 Å². The lowest BCUT2D eigenvalue weighted by atomic mass is 10.2. The Labute approximate surface area is 166 Å². The number of ether oxygens (including phenoxy) is 1. The van der Waals surface area contributed by atoms with Gasteiger partial charge >= 0.3 is 0 Å². The molecule has 0 fully saturated rings. The first kappa shape index (κ1) is 19.8. The van der Waals surface area contributed by atoms with Crippen LogP contribution < -0.4 is 20.9 Å². The third kappa shape index (κ3) is 4.86. The molecule has 1 aromatic carbocycles. The van der Waals surface area contributed by atoms with Crippen molar-refractivity contribution in [2.45, 2.75) is 46.4 Å². The smallest absolute Gasteiger partial charge is 0.275 e. The van der Waals surface area contributed by atoms with Crippen molar-refractivity contribution in [2.24, 2.45) is 0 Å². The highest BCUT2D eigenvalue weighted by Crippen LogP contribution is 2.17. The molecule has 0 radical (unpaired) electrons. The van der Waals surface area contributed by atoms with Crippen LogP contribution in [0.3, 0.4) is 0 Å². The maximum atomic E-state index is 12.4. The Hall–Kier alpha value is -2.94. The summed E-state index contributed by atoms with van der Waals surface area (Å²) in [6.07, 6.45) is 0.120. The molecule has 0 bridgehead atoms. The Bertz CT molecular complexity index is 1030. The van der Waals surface area contributed by atoms with Gasteiger partial charge in [-0.05, 0) is 45.4 Å². The molecule has 148 valence electrons. The topological polar surface area (TPSA) is 97.6 Å². The first-order valence-electron chi connectivity index (χ1n) is 8.99. The number of anilines is 1. The lowest BCUT2D eigenvalue weighted by molar-refractivity contribution is -0.121. The number of fused-ring (bicyclic) bond motifs is 1. The standard InChI is InChI=1S/C19H23N5O3S/c1-11(2)27-15-7-5-14(6-8-15)10-20-17(26)13(4)22-18-23-24-16(25)9-12(3)21-19(24)28-18/h5-9,11,13H,10H2,1-4H3,(H,20,26)(H,22,23)/t13-/m0/s1. The van der Waals surface area contributed by atoms with Gasteiger partial charge in [-0.3, -0.25) is 9.59 Å². The summed E-state index contributed by atoms with van der Waals surface area (Å²) in [5, 5.41) is 10.6. The minimum Gasteiger partial charge on any atom is -0.491 e. The lowest BCUT2D eigenvalue weighted by Gasteiger charge is -2.13. The van der Waals surface area contributed by atoms with Crippen LogP contribution in [0, 0.1) is 6.92 Å². The van der Waals surface area contributed by atoms with Crippen LogP contribution in [0.2, 0.25) is 0 Å². The van der Waals surface area contributed by atoms with Gasteiger partial charge in [-0.2, -0.15) is 4.52 Å². The Morgan fingerprint density at radius 2 is 1.96 bits per heavy atom. The summed E-state index contributed by atoms with van der Waals surface area (Å²) >= 11 is 1.23. The van der Waals surface area contributed by atoms with Gasteiger partial charge in [-0.25, -0.2) is 4.98 Å². The summed E-state index contributed by atoms with van der Waals surface area (Å²) in [6.45, 7) is 7.85. The average Bonchev–Trinajstić information content (AvgIpc) is 3.03. The van der Waals surface area contributed by atoms with Crippen molar-refractivity contribution in [1.82, 2.24) is 19.9 Å². The summed E-state index contributed by atoms with van der Waals surface area (Å²) in [5.74, 6) is 0.633. The van der Waals surface area contributed by atoms with E-state index in [2.05, 4.69) is 20.7 Å². The summed E-state index contributed by atoms with van der Waals surface area (Å²) < 4.78 is 6.84. The van der Waals surface area contributed by atoms with Crippen LogP contribution in [0.5, 0.6) is 5.75 Å². The van der Waals surface area contributed by atoms with E-state index in [9.17, 15) is 9.59 Å². The number of carbonyl (C=O) groups excluding carboxylic acids is 1. The molecule has 0 aliphatic heterocycles. The number of amides is 1. The van der Waals surface area contributed by atoms with Gasteiger partial charge in [-0.1, -0.05) is 23.5 Å². The highest BCUT2D eigenvalue weighted by atomic mass is 32.1. The third-order valence-electron chi connectivity index (χ3n) is 3.87. The van der Waals surface area contributed by atoms with Gasteiger partial charge in [0.2, 0.25) is 16.0 Å². The molecular formula is C19H23N5O3S. The second-order valence-electron chi connectivity index (χ2n) is 6.73. The summed E-state index contributed by atoms with van der Waals surface area (Å²) in [4.78, 5) is 29.1. The molecule has 2 heterocycles. The monoisotopic (exact) mass is 401 g/mol. The summed E-state index contributed by atoms with van der Waals surface area (Å²) in [7, 11) is 0. The highest BCUT2D eigenvalue weighted by molar-refractivity contribution is 7.20. The number of aromatic nitrogens is 3. The van der Waals surface area contributed by atoms with Crippen LogP contribution >= 0.6 is 11.3 Å². The third-order valence-corrected chi connectivity index (χ3v) is 4.71. The number of nitrogens with zero attached hydrogens (tertiary/aromatic N) is 3. The number of rotatable bonds is 7. The van der Waals surface area contributed by atoms with Crippen molar-refractivity contribution in [3.63, 3.8) is 0 Å². The number of benzene rings is 1. The van der Waals surface area contributed by atoms with Gasteiger partial charge in [0.15, 0.2) is 0 Å². The van der Waals surface area contributed by atoms with Crippen LogP contribution in [0.1, 0.15) is 32.0 Å². The van der Waals surface area contributed by atoms with Crippen molar-refractivity contribution in [3.05, 3.63) is 51.9 Å². The van der Waals surface area contributed by atoms with E-state index in [4.69, 9.17) is 4.74 Å². The van der Waals surface area contributed by atoms with Crippen LogP contribution in [-0.2, 0) is 11.3 Å². The largest absolute Gasteiger partial charge is 0.491 e. The fourth-order valence-electron chi connectivity index (χ4n) is 2.53. The number of carbonyl (C=O) groups is 1. The van der Waals surface area contributed by atoms with Gasteiger partial charge in [0.1, 0.15) is 11.8 Å². The normalized spacial score (nSPS) is 12.2. The van der Waals surface area contributed by atoms with E-state index in [0.29, 0.717) is 22.3 Å². The van der Waals surface area contributed by atoms with Crippen molar-refractivity contribution in [2.75, 3.05) is 5.32 Å². The molecule has 0 unspecified atom stereocenters. The SMILES string of the molecule is Cc1cc(=O)n2nc(N[C@@H](C)C(=O)NCc3ccc(OC(C)C)cc3)sc2n1. The molecule has 3 aromatic rings. The van der Waals surface area contributed by atoms with E-state index in [1.54, 1.807) is 13.8 Å². The molecule has 2 aromatic heterocycles. The summed E-state index contributed by atoms with van der Waals surface area (Å²) in [5.41, 5.74) is 1.37. The quantitative estimate of drug-likeness (QED) is 0.631. The minimum atomic E-state index is -0.513. The number of aryl methyl sites for hydroxylation is 1. The second kappa shape index (κ2) is 8.39. The Balaban J connectivity index is 1.57. The molecular weight excluding hydrogens is 378 g/mol. The zero-order chi connectivity index (χ0) is 20.3. The molecule has 2 N–H and O–H groups in total. The van der Waals surface area contributed by atoms with Gasteiger partial charge < -0.3 is 15.4 Å². The van der Waals surface area contributed by atoms with Gasteiger partial charge in [0.05, 0.1) is 6.10 Å². The predicted octanol–water partition coefficient (Wildman–Crippen LogP) is 2.36. The van der Waals surface area contributed by atoms with Crippen LogP contribution in [0.15, 0.2) is 35.1 Å². The molecule has 0 aliphatic carbocycles. The Morgan fingerprint density at radius 3 is 2.64 bits per heavy atom. The molecule has 8 nitrogen and oxygen atoms in total. The molecule has 3 rings (SSSR count). The zero-order valence-corrected chi connectivity index (χ0v) is 17.0. The average molecular weight is 401 g/mol. The lowest BCUT2D eigenvalue weighted by Crippen LogP contribution is -2.37. The van der Waals surface area contributed by atoms with E-state index < -0.39 is 6.04 Å². The Kier molecular flexibility index (Phi) is 5.93. The first-order valence-corrected chi connectivity index (χ1v) is 9.81. The van der Waals surface area contributed by atoms with E-state index in [1.807, 2.05) is 38.1 Å². The van der Waals surface area contributed by atoms with E-state index in [-0.39, 0.29) is 17.6 Å². The van der Waals surface area contributed by atoms with Crippen molar-refractivity contribution in [1.29, 1.82) is 0 Å². The van der Waals surface area contributed by atoms with Crippen molar-refractivity contribution < 1.29 is 9.53 Å². The fourth-order valence-corrected chi connectivity index (χ4v) is 3.47. The first-order chi connectivity index (χ1) is 13.3. The van der Waals surface area contributed by atoms with Gasteiger partial charge in [0.25, 0.3) is 5.56 Å². The molecule has 0 spiro atoms. The maximum absolute atomic E-state index is 12.4. The molecule has 1 amide bonds. The maximum Gasteiger partial charge on any atom is 0.275 e.